The van der Waals surface area contributed by atoms with Crippen LogP contribution in [-0.2, 0) is 13.1 Å². The number of fused-ring (bicyclic) bond motifs is 2. The maximum Gasteiger partial charge on any atom is 0.294 e. The third kappa shape index (κ3) is 3.88. The first kappa shape index (κ1) is 18.6. The second-order valence-corrected chi connectivity index (χ2v) is 7.18. The van der Waals surface area contributed by atoms with Crippen molar-refractivity contribution in [1.29, 1.82) is 0 Å². The van der Waals surface area contributed by atoms with Gasteiger partial charge in [0.15, 0.2) is 0 Å². The SMILES string of the molecule is O=[N+]([O-])c1c[nH]c2ccc(CNc3nccc(NCc4ccc5[nH]ccc5c4)n3)cc12. The van der Waals surface area contributed by atoms with Crippen molar-refractivity contribution in [1.82, 2.24) is 19.9 Å². The standard InChI is InChI=1S/C22H19N7O2/c30-29(31)20-13-25-19-4-2-15(10-17(19)20)12-27-22-24-8-6-21(28-22)26-11-14-1-3-18-16(9-14)5-7-23-18/h1-10,13,23,25H,11-12H2,(H2,24,26,27,28). The van der Waals surface area contributed by atoms with Crippen LogP contribution in [0.2, 0.25) is 0 Å². The molecule has 0 amide bonds. The Morgan fingerprint density at radius 3 is 2.61 bits per heavy atom. The Kier molecular flexibility index (Phi) is 4.68. The Morgan fingerprint density at radius 2 is 1.74 bits per heavy atom. The molecule has 0 saturated carbocycles. The van der Waals surface area contributed by atoms with Gasteiger partial charge >= 0.3 is 0 Å². The molecule has 4 N–H and O–H groups in total. The maximum atomic E-state index is 11.2. The summed E-state index contributed by atoms with van der Waals surface area (Å²) in [6.45, 7) is 1.09. The lowest BCUT2D eigenvalue weighted by molar-refractivity contribution is -0.383. The van der Waals surface area contributed by atoms with E-state index in [9.17, 15) is 10.1 Å². The smallest absolute Gasteiger partial charge is 0.294 e. The average molecular weight is 413 g/mol. The van der Waals surface area contributed by atoms with Crippen LogP contribution < -0.4 is 10.6 Å². The lowest BCUT2D eigenvalue weighted by Crippen LogP contribution is -2.06. The van der Waals surface area contributed by atoms with Crippen LogP contribution in [0, 0.1) is 10.1 Å². The Morgan fingerprint density at radius 1 is 0.935 bits per heavy atom. The summed E-state index contributed by atoms with van der Waals surface area (Å²) < 4.78 is 0. The second-order valence-electron chi connectivity index (χ2n) is 7.18. The van der Waals surface area contributed by atoms with Gasteiger partial charge in [-0.2, -0.15) is 4.98 Å². The van der Waals surface area contributed by atoms with Gasteiger partial charge in [-0.1, -0.05) is 12.1 Å². The van der Waals surface area contributed by atoms with Crippen LogP contribution in [0.5, 0.6) is 0 Å². The molecule has 0 bridgehead atoms. The van der Waals surface area contributed by atoms with E-state index in [1.807, 2.05) is 30.5 Å². The molecule has 0 unspecified atom stereocenters. The van der Waals surface area contributed by atoms with E-state index in [2.05, 4.69) is 48.8 Å². The molecule has 0 radical (unpaired) electrons. The molecule has 2 aromatic carbocycles. The molecule has 0 spiro atoms. The van der Waals surface area contributed by atoms with E-state index in [0.29, 0.717) is 30.2 Å². The zero-order chi connectivity index (χ0) is 21.2. The minimum atomic E-state index is -0.387. The molecule has 9 heteroatoms. The van der Waals surface area contributed by atoms with Gasteiger partial charge in [-0.15, -0.1) is 0 Å². The van der Waals surface area contributed by atoms with E-state index in [1.165, 1.54) is 11.6 Å². The first-order valence-corrected chi connectivity index (χ1v) is 9.77. The topological polar surface area (TPSA) is 125 Å². The Hall–Kier alpha value is -4.40. The van der Waals surface area contributed by atoms with Crippen LogP contribution >= 0.6 is 0 Å². The van der Waals surface area contributed by atoms with Gasteiger partial charge in [-0.3, -0.25) is 10.1 Å². The van der Waals surface area contributed by atoms with Crippen molar-refractivity contribution in [3.63, 3.8) is 0 Å². The molecule has 3 aromatic heterocycles. The molecular formula is C22H19N7O2. The van der Waals surface area contributed by atoms with E-state index >= 15 is 0 Å². The highest BCUT2D eigenvalue weighted by Crippen LogP contribution is 2.26. The second kappa shape index (κ2) is 7.79. The maximum absolute atomic E-state index is 11.2. The van der Waals surface area contributed by atoms with Gasteiger partial charge in [0.2, 0.25) is 5.95 Å². The lowest BCUT2D eigenvalue weighted by atomic mass is 10.1. The molecule has 0 saturated heterocycles. The van der Waals surface area contributed by atoms with Crippen molar-refractivity contribution in [2.75, 3.05) is 10.6 Å². The molecule has 0 aliphatic rings. The number of anilines is 2. The fourth-order valence-electron chi connectivity index (χ4n) is 3.54. The molecule has 5 aromatic rings. The van der Waals surface area contributed by atoms with Crippen LogP contribution in [0.4, 0.5) is 17.5 Å². The number of hydrogen-bond acceptors (Lipinski definition) is 6. The quantitative estimate of drug-likeness (QED) is 0.229. The summed E-state index contributed by atoms with van der Waals surface area (Å²) in [5, 5.41) is 19.4. The summed E-state index contributed by atoms with van der Waals surface area (Å²) in [6.07, 6.45) is 5.03. The number of H-pyrrole nitrogens is 2. The molecule has 0 aliphatic carbocycles. The van der Waals surface area contributed by atoms with Crippen molar-refractivity contribution in [2.24, 2.45) is 0 Å². The van der Waals surface area contributed by atoms with E-state index in [-0.39, 0.29) is 10.6 Å². The van der Waals surface area contributed by atoms with Gasteiger partial charge in [0, 0.05) is 31.0 Å². The highest BCUT2D eigenvalue weighted by Gasteiger charge is 2.14. The summed E-state index contributed by atoms with van der Waals surface area (Å²) in [5.41, 5.74) is 3.96. The number of rotatable bonds is 7. The first-order chi connectivity index (χ1) is 15.2. The molecule has 0 aliphatic heterocycles. The Bertz CT molecular complexity index is 1390. The van der Waals surface area contributed by atoms with Gasteiger partial charge < -0.3 is 20.6 Å². The van der Waals surface area contributed by atoms with Crippen LogP contribution in [0.3, 0.4) is 0 Å². The van der Waals surface area contributed by atoms with Crippen molar-refractivity contribution in [3.8, 4) is 0 Å². The van der Waals surface area contributed by atoms with Crippen LogP contribution in [0.15, 0.2) is 67.1 Å². The van der Waals surface area contributed by atoms with E-state index < -0.39 is 0 Å². The lowest BCUT2D eigenvalue weighted by Gasteiger charge is -2.09. The predicted octanol–water partition coefficient (Wildman–Crippen LogP) is 4.57. The number of nitrogens with zero attached hydrogens (tertiary/aromatic N) is 3. The van der Waals surface area contributed by atoms with Crippen LogP contribution in [-0.4, -0.2) is 24.9 Å². The molecule has 9 nitrogen and oxygen atoms in total. The minimum absolute atomic E-state index is 0.0668. The fraction of sp³-hybridized carbons (Fsp3) is 0.0909. The highest BCUT2D eigenvalue weighted by molar-refractivity contribution is 5.89. The van der Waals surface area contributed by atoms with Gasteiger partial charge in [0.1, 0.15) is 5.82 Å². The summed E-state index contributed by atoms with van der Waals surface area (Å²) in [7, 11) is 0. The molecule has 31 heavy (non-hydrogen) atoms. The third-order valence-electron chi connectivity index (χ3n) is 5.12. The highest BCUT2D eigenvalue weighted by atomic mass is 16.6. The first-order valence-electron chi connectivity index (χ1n) is 9.77. The normalized spacial score (nSPS) is 11.1. The molecular weight excluding hydrogens is 394 g/mol. The number of nitrogens with one attached hydrogen (secondary N) is 4. The summed E-state index contributed by atoms with van der Waals surface area (Å²) >= 11 is 0. The predicted molar refractivity (Wildman–Crippen MR) is 120 cm³/mol. The zero-order valence-electron chi connectivity index (χ0n) is 16.4. The summed E-state index contributed by atoms with van der Waals surface area (Å²) in [6, 6.07) is 15.7. The van der Waals surface area contributed by atoms with E-state index in [1.54, 1.807) is 12.3 Å². The summed E-state index contributed by atoms with van der Waals surface area (Å²) in [4.78, 5) is 25.6. The van der Waals surface area contributed by atoms with Gasteiger partial charge in [-0.05, 0) is 52.9 Å². The van der Waals surface area contributed by atoms with E-state index in [4.69, 9.17) is 0 Å². The molecule has 5 rings (SSSR count). The van der Waals surface area contributed by atoms with E-state index in [0.717, 1.165) is 22.2 Å². The largest absolute Gasteiger partial charge is 0.366 e. The monoisotopic (exact) mass is 413 g/mol. The molecule has 154 valence electrons. The van der Waals surface area contributed by atoms with Crippen LogP contribution in [0.1, 0.15) is 11.1 Å². The minimum Gasteiger partial charge on any atom is -0.366 e. The Labute approximate surface area is 176 Å². The molecule has 0 fully saturated rings. The molecule has 0 atom stereocenters. The van der Waals surface area contributed by atoms with Crippen molar-refractivity contribution in [3.05, 3.63) is 88.4 Å². The molecule has 3 heterocycles. The van der Waals surface area contributed by atoms with Crippen LogP contribution in [0.25, 0.3) is 21.8 Å². The third-order valence-corrected chi connectivity index (χ3v) is 5.12. The van der Waals surface area contributed by atoms with Crippen molar-refractivity contribution in [2.45, 2.75) is 13.1 Å². The number of benzene rings is 2. The van der Waals surface area contributed by atoms with Gasteiger partial charge in [0.05, 0.1) is 22.0 Å². The zero-order valence-corrected chi connectivity index (χ0v) is 16.4. The number of nitro groups is 1. The number of aromatic amines is 2. The van der Waals surface area contributed by atoms with Crippen molar-refractivity contribution >= 4 is 39.3 Å². The number of hydrogen-bond donors (Lipinski definition) is 4. The fourth-order valence-corrected chi connectivity index (χ4v) is 3.54. The van der Waals surface area contributed by atoms with Crippen molar-refractivity contribution < 1.29 is 4.92 Å². The van der Waals surface area contributed by atoms with Gasteiger partial charge in [-0.25, -0.2) is 4.98 Å². The van der Waals surface area contributed by atoms with Gasteiger partial charge in [0.25, 0.3) is 5.69 Å². The number of aromatic nitrogens is 4. The Balaban J connectivity index is 1.25. The summed E-state index contributed by atoms with van der Waals surface area (Å²) in [5.74, 6) is 1.19. The average Bonchev–Trinajstić information content (AvgIpc) is 3.42.